The highest BCUT2D eigenvalue weighted by Crippen LogP contribution is 2.35. The van der Waals surface area contributed by atoms with Crippen molar-refractivity contribution in [1.29, 1.82) is 0 Å². The summed E-state index contributed by atoms with van der Waals surface area (Å²) in [5.74, 6) is 0.494. The van der Waals surface area contributed by atoms with Crippen molar-refractivity contribution in [2.24, 2.45) is 0 Å². The molecule has 6 heteroatoms. The Morgan fingerprint density at radius 2 is 2.10 bits per heavy atom. The third-order valence-electron chi connectivity index (χ3n) is 3.27. The third-order valence-corrected chi connectivity index (χ3v) is 4.40. The number of aryl methyl sites for hydroxylation is 1. The Bertz CT molecular complexity index is 822. The second kappa shape index (κ2) is 5.59. The van der Waals surface area contributed by atoms with Gasteiger partial charge in [0, 0.05) is 4.47 Å². The maximum absolute atomic E-state index is 13.5. The van der Waals surface area contributed by atoms with Crippen LogP contribution in [0.25, 0.3) is 16.7 Å². The van der Waals surface area contributed by atoms with Crippen LogP contribution in [0.2, 0.25) is 5.02 Å². The molecule has 3 rings (SSSR count). The fourth-order valence-electron chi connectivity index (χ4n) is 2.42. The lowest BCUT2D eigenvalue weighted by Crippen LogP contribution is -2.02. The van der Waals surface area contributed by atoms with Crippen LogP contribution in [0, 0.1) is 12.7 Å². The number of alkyl halides is 1. The first-order chi connectivity index (χ1) is 10.0. The van der Waals surface area contributed by atoms with Gasteiger partial charge in [0.1, 0.15) is 11.6 Å². The van der Waals surface area contributed by atoms with E-state index in [0.29, 0.717) is 21.0 Å². The van der Waals surface area contributed by atoms with E-state index in [0.717, 1.165) is 16.6 Å². The minimum absolute atomic E-state index is 0.230. The van der Waals surface area contributed by atoms with Crippen LogP contribution in [0.4, 0.5) is 4.39 Å². The smallest absolute Gasteiger partial charge is 0.129 e. The molecule has 0 aliphatic heterocycles. The molecule has 0 unspecified atom stereocenters. The second-order valence-corrected chi connectivity index (χ2v) is 6.19. The SMILES string of the molecule is Cc1cccc2nc(CCl)n(-c3c(Cl)cc(F)cc3Br)c12. The molecule has 2 nitrogen and oxygen atoms in total. The van der Waals surface area contributed by atoms with Gasteiger partial charge in [-0.2, -0.15) is 0 Å². The Balaban J connectivity index is 2.45. The van der Waals surface area contributed by atoms with Gasteiger partial charge in [-0.3, -0.25) is 4.57 Å². The number of aromatic nitrogens is 2. The summed E-state index contributed by atoms with van der Waals surface area (Å²) >= 11 is 15.6. The highest BCUT2D eigenvalue weighted by Gasteiger charge is 2.18. The van der Waals surface area contributed by atoms with Crippen molar-refractivity contribution >= 4 is 50.2 Å². The zero-order valence-electron chi connectivity index (χ0n) is 11.0. The quantitative estimate of drug-likeness (QED) is 0.521. The van der Waals surface area contributed by atoms with E-state index in [1.807, 2.05) is 29.7 Å². The van der Waals surface area contributed by atoms with Gasteiger partial charge in [-0.05, 0) is 46.6 Å². The first-order valence-electron chi connectivity index (χ1n) is 6.20. The minimum Gasteiger partial charge on any atom is -0.292 e. The van der Waals surface area contributed by atoms with Crippen LogP contribution in [-0.4, -0.2) is 9.55 Å². The number of hydrogen-bond donors (Lipinski definition) is 0. The van der Waals surface area contributed by atoms with Crippen molar-refractivity contribution in [3.63, 3.8) is 0 Å². The fourth-order valence-corrected chi connectivity index (χ4v) is 3.61. The second-order valence-electron chi connectivity index (χ2n) is 4.66. The third kappa shape index (κ3) is 2.45. The molecule has 0 saturated heterocycles. The first kappa shape index (κ1) is 14.8. The number of benzene rings is 2. The van der Waals surface area contributed by atoms with Crippen molar-refractivity contribution in [1.82, 2.24) is 9.55 Å². The Hall–Kier alpha value is -1.10. The Morgan fingerprint density at radius 1 is 1.33 bits per heavy atom. The molecule has 0 saturated carbocycles. The lowest BCUT2D eigenvalue weighted by molar-refractivity contribution is 0.626. The summed E-state index contributed by atoms with van der Waals surface area (Å²) in [6.07, 6.45) is 0. The van der Waals surface area contributed by atoms with E-state index in [9.17, 15) is 4.39 Å². The topological polar surface area (TPSA) is 17.8 Å². The minimum atomic E-state index is -0.399. The number of nitrogens with zero attached hydrogens (tertiary/aromatic N) is 2. The Morgan fingerprint density at radius 3 is 2.76 bits per heavy atom. The normalized spacial score (nSPS) is 11.3. The zero-order valence-corrected chi connectivity index (χ0v) is 14.1. The van der Waals surface area contributed by atoms with Crippen LogP contribution >= 0.6 is 39.1 Å². The van der Waals surface area contributed by atoms with Gasteiger partial charge in [0.2, 0.25) is 0 Å². The number of fused-ring (bicyclic) bond motifs is 1. The van der Waals surface area contributed by atoms with Gasteiger partial charge in [-0.25, -0.2) is 9.37 Å². The van der Waals surface area contributed by atoms with E-state index in [1.165, 1.54) is 12.1 Å². The van der Waals surface area contributed by atoms with E-state index in [-0.39, 0.29) is 5.88 Å². The molecule has 3 aromatic rings. The maximum Gasteiger partial charge on any atom is 0.129 e. The molecule has 0 N–H and O–H groups in total. The van der Waals surface area contributed by atoms with Crippen LogP contribution in [-0.2, 0) is 5.88 Å². The van der Waals surface area contributed by atoms with Crippen LogP contribution in [0.15, 0.2) is 34.8 Å². The van der Waals surface area contributed by atoms with Crippen molar-refractivity contribution in [3.8, 4) is 5.69 Å². The van der Waals surface area contributed by atoms with Gasteiger partial charge in [-0.15, -0.1) is 11.6 Å². The van der Waals surface area contributed by atoms with Gasteiger partial charge in [0.15, 0.2) is 0 Å². The van der Waals surface area contributed by atoms with E-state index >= 15 is 0 Å². The Kier molecular flexibility index (Phi) is 3.95. The lowest BCUT2D eigenvalue weighted by atomic mass is 10.2. The Labute approximate surface area is 139 Å². The van der Waals surface area contributed by atoms with Crippen molar-refractivity contribution in [3.05, 3.63) is 57.0 Å². The van der Waals surface area contributed by atoms with E-state index in [1.54, 1.807) is 0 Å². The molecule has 0 aliphatic rings. The summed E-state index contributed by atoms with van der Waals surface area (Å²) in [7, 11) is 0. The molecule has 0 aliphatic carbocycles. The highest BCUT2D eigenvalue weighted by atomic mass is 79.9. The molecule has 0 bridgehead atoms. The van der Waals surface area contributed by atoms with Gasteiger partial charge in [-0.1, -0.05) is 23.7 Å². The molecule has 0 atom stereocenters. The molecule has 108 valence electrons. The molecule has 1 heterocycles. The number of imidazole rings is 1. The average Bonchev–Trinajstić information content (AvgIpc) is 2.78. The summed E-state index contributed by atoms with van der Waals surface area (Å²) < 4.78 is 15.9. The predicted molar refractivity (Wildman–Crippen MR) is 88.0 cm³/mol. The predicted octanol–water partition coefficient (Wildman–Crippen LogP) is 5.63. The highest BCUT2D eigenvalue weighted by molar-refractivity contribution is 9.10. The lowest BCUT2D eigenvalue weighted by Gasteiger charge is -2.13. The summed E-state index contributed by atoms with van der Waals surface area (Å²) in [5.41, 5.74) is 3.44. The van der Waals surface area contributed by atoms with E-state index < -0.39 is 5.82 Å². The molecule has 1 aromatic heterocycles. The summed E-state index contributed by atoms with van der Waals surface area (Å²) in [6, 6.07) is 8.51. The molecular formula is C15H10BrCl2FN2. The monoisotopic (exact) mass is 386 g/mol. The summed E-state index contributed by atoms with van der Waals surface area (Å²) in [6.45, 7) is 1.99. The number of hydrogen-bond acceptors (Lipinski definition) is 1. The fraction of sp³-hybridized carbons (Fsp3) is 0.133. The van der Waals surface area contributed by atoms with Gasteiger partial charge >= 0.3 is 0 Å². The largest absolute Gasteiger partial charge is 0.292 e. The van der Waals surface area contributed by atoms with Gasteiger partial charge < -0.3 is 0 Å². The molecule has 2 aromatic carbocycles. The number of halogens is 4. The molecule has 0 fully saturated rings. The van der Waals surface area contributed by atoms with Gasteiger partial charge in [0.05, 0.1) is 27.6 Å². The molecular weight excluding hydrogens is 378 g/mol. The van der Waals surface area contributed by atoms with Crippen LogP contribution in [0.3, 0.4) is 0 Å². The van der Waals surface area contributed by atoms with Gasteiger partial charge in [0.25, 0.3) is 0 Å². The number of rotatable bonds is 2. The molecule has 0 spiro atoms. The summed E-state index contributed by atoms with van der Waals surface area (Å²) in [4.78, 5) is 4.53. The average molecular weight is 388 g/mol. The van der Waals surface area contributed by atoms with Crippen LogP contribution in [0.1, 0.15) is 11.4 Å². The molecule has 0 radical (unpaired) electrons. The zero-order chi connectivity index (χ0) is 15.1. The van der Waals surface area contributed by atoms with Crippen molar-refractivity contribution in [2.75, 3.05) is 0 Å². The van der Waals surface area contributed by atoms with E-state index in [2.05, 4.69) is 20.9 Å². The van der Waals surface area contributed by atoms with Crippen molar-refractivity contribution < 1.29 is 4.39 Å². The molecule has 0 amide bonds. The first-order valence-corrected chi connectivity index (χ1v) is 7.91. The van der Waals surface area contributed by atoms with Crippen LogP contribution < -0.4 is 0 Å². The number of para-hydroxylation sites is 1. The molecule has 21 heavy (non-hydrogen) atoms. The standard InChI is InChI=1S/C15H10BrCl2FN2/c1-8-3-2-4-12-14(8)21(13(7-17)20-12)15-10(16)5-9(19)6-11(15)18/h2-6H,7H2,1H3. The van der Waals surface area contributed by atoms with Crippen LogP contribution in [0.5, 0.6) is 0 Å². The van der Waals surface area contributed by atoms with E-state index in [4.69, 9.17) is 23.2 Å². The van der Waals surface area contributed by atoms with Crippen molar-refractivity contribution in [2.45, 2.75) is 12.8 Å². The summed E-state index contributed by atoms with van der Waals surface area (Å²) in [5, 5.41) is 0.302. The maximum atomic E-state index is 13.5.